The molecule has 2 aliphatic heterocycles. The number of hydrogen-bond donors (Lipinski definition) is 1. The molecule has 11 heteroatoms. The summed E-state index contributed by atoms with van der Waals surface area (Å²) in [5.74, 6) is -1.21. The zero-order valence-electron chi connectivity index (χ0n) is 20.9. The van der Waals surface area contributed by atoms with Gasteiger partial charge in [-0.1, -0.05) is 0 Å². The number of fused-ring (bicyclic) bond motifs is 1. The number of anilines is 2. The molecule has 2 aromatic heterocycles. The number of halogens is 2. The fourth-order valence-corrected chi connectivity index (χ4v) is 5.00. The highest BCUT2D eigenvalue weighted by Gasteiger charge is 2.28. The molecular formula is C26H30F2N6O3. The maximum absolute atomic E-state index is 15.1. The maximum atomic E-state index is 15.1. The van der Waals surface area contributed by atoms with Gasteiger partial charge in [0.2, 0.25) is 0 Å². The average Bonchev–Trinajstić information content (AvgIpc) is 3.53. The van der Waals surface area contributed by atoms with E-state index in [0.29, 0.717) is 44.7 Å². The van der Waals surface area contributed by atoms with Gasteiger partial charge in [-0.05, 0) is 57.7 Å². The Morgan fingerprint density at radius 1 is 1.03 bits per heavy atom. The van der Waals surface area contributed by atoms with Crippen LogP contribution in [-0.4, -0.2) is 68.6 Å². The van der Waals surface area contributed by atoms with Crippen molar-refractivity contribution in [3.8, 4) is 0 Å². The van der Waals surface area contributed by atoms with Gasteiger partial charge in [0.05, 0.1) is 17.2 Å². The standard InChI is InChI=1S/C26H30F2N6O3/c1-16(2)37-26(36)33-11-7-18(8-12-33)34-14-20(28)22-23(29-15-30-24(22)34)31-21-6-5-17(13-19(21)27)25(35)32-9-3-4-10-32/h5-6,13-16,18H,3-4,7-12H2,1-2H3,(H,29,30,31). The number of carbonyl (C=O) groups excluding carboxylic acids is 2. The molecule has 4 heterocycles. The summed E-state index contributed by atoms with van der Waals surface area (Å²) < 4.78 is 37.1. The van der Waals surface area contributed by atoms with Crippen molar-refractivity contribution in [3.05, 3.63) is 47.9 Å². The average molecular weight is 513 g/mol. The Balaban J connectivity index is 1.34. The minimum atomic E-state index is -0.627. The van der Waals surface area contributed by atoms with Crippen LogP contribution in [0.15, 0.2) is 30.7 Å². The van der Waals surface area contributed by atoms with Crippen molar-refractivity contribution in [2.24, 2.45) is 0 Å². The van der Waals surface area contributed by atoms with Gasteiger partial charge in [-0.15, -0.1) is 0 Å². The van der Waals surface area contributed by atoms with Gasteiger partial charge < -0.3 is 24.4 Å². The lowest BCUT2D eigenvalue weighted by Crippen LogP contribution is -2.40. The van der Waals surface area contributed by atoms with Crippen LogP contribution in [0, 0.1) is 11.6 Å². The third kappa shape index (κ3) is 5.07. The largest absolute Gasteiger partial charge is 0.447 e. The fraction of sp³-hybridized carbons (Fsp3) is 0.462. The van der Waals surface area contributed by atoms with E-state index in [4.69, 9.17) is 4.74 Å². The Morgan fingerprint density at radius 2 is 1.76 bits per heavy atom. The van der Waals surface area contributed by atoms with Crippen LogP contribution in [0.3, 0.4) is 0 Å². The van der Waals surface area contributed by atoms with Gasteiger partial charge in [0.15, 0.2) is 5.82 Å². The molecule has 0 radical (unpaired) electrons. The van der Waals surface area contributed by atoms with Crippen molar-refractivity contribution in [1.82, 2.24) is 24.3 Å². The van der Waals surface area contributed by atoms with E-state index in [1.165, 1.54) is 24.7 Å². The van der Waals surface area contributed by atoms with Crippen LogP contribution >= 0.6 is 0 Å². The molecule has 196 valence electrons. The number of nitrogens with one attached hydrogen (secondary N) is 1. The van der Waals surface area contributed by atoms with Gasteiger partial charge in [0.25, 0.3) is 5.91 Å². The van der Waals surface area contributed by atoms with Crippen molar-refractivity contribution in [2.45, 2.75) is 51.7 Å². The molecule has 0 aliphatic carbocycles. The van der Waals surface area contributed by atoms with Crippen molar-refractivity contribution in [1.29, 1.82) is 0 Å². The SMILES string of the molecule is CC(C)OC(=O)N1CCC(n2cc(F)c3c(Nc4ccc(C(=O)N5CCCC5)cc4F)ncnc32)CC1. The topological polar surface area (TPSA) is 92.6 Å². The van der Waals surface area contributed by atoms with Crippen LogP contribution in [0.4, 0.5) is 25.1 Å². The molecule has 0 unspecified atom stereocenters. The molecule has 0 atom stereocenters. The van der Waals surface area contributed by atoms with Crippen LogP contribution in [0.5, 0.6) is 0 Å². The van der Waals surface area contributed by atoms with E-state index in [-0.39, 0.29) is 46.6 Å². The highest BCUT2D eigenvalue weighted by molar-refractivity contribution is 5.95. The molecule has 2 aliphatic rings. The van der Waals surface area contributed by atoms with E-state index in [9.17, 15) is 14.0 Å². The van der Waals surface area contributed by atoms with E-state index in [2.05, 4.69) is 15.3 Å². The van der Waals surface area contributed by atoms with Gasteiger partial charge in [-0.3, -0.25) is 4.79 Å². The third-order valence-corrected chi connectivity index (χ3v) is 6.88. The maximum Gasteiger partial charge on any atom is 0.410 e. The Bertz CT molecular complexity index is 1310. The smallest absolute Gasteiger partial charge is 0.410 e. The number of rotatable bonds is 5. The zero-order chi connectivity index (χ0) is 26.1. The Hall–Kier alpha value is -3.76. The molecule has 37 heavy (non-hydrogen) atoms. The monoisotopic (exact) mass is 512 g/mol. The second kappa shape index (κ2) is 10.3. The summed E-state index contributed by atoms with van der Waals surface area (Å²) in [5.41, 5.74) is 0.750. The lowest BCUT2D eigenvalue weighted by Gasteiger charge is -2.32. The molecule has 0 spiro atoms. The number of hydrogen-bond acceptors (Lipinski definition) is 6. The van der Waals surface area contributed by atoms with E-state index < -0.39 is 11.6 Å². The normalized spacial score (nSPS) is 16.6. The summed E-state index contributed by atoms with van der Waals surface area (Å²) in [4.78, 5) is 36.6. The highest BCUT2D eigenvalue weighted by Crippen LogP contribution is 2.33. The summed E-state index contributed by atoms with van der Waals surface area (Å²) >= 11 is 0. The van der Waals surface area contributed by atoms with E-state index in [1.807, 2.05) is 0 Å². The summed E-state index contributed by atoms with van der Waals surface area (Å²) in [6.07, 6.45) is 5.28. The molecule has 0 bridgehead atoms. The van der Waals surface area contributed by atoms with Crippen LogP contribution < -0.4 is 5.32 Å². The molecule has 0 saturated carbocycles. The summed E-state index contributed by atoms with van der Waals surface area (Å²) in [6.45, 7) is 5.94. The van der Waals surface area contributed by atoms with Crippen molar-refractivity contribution < 1.29 is 23.1 Å². The lowest BCUT2D eigenvalue weighted by molar-refractivity contribution is 0.0662. The predicted octanol–water partition coefficient (Wildman–Crippen LogP) is 4.87. The minimum absolute atomic E-state index is 0.0644. The number of piperidine rings is 1. The quantitative estimate of drug-likeness (QED) is 0.524. The van der Waals surface area contributed by atoms with Gasteiger partial charge in [0, 0.05) is 44.0 Å². The first-order chi connectivity index (χ1) is 17.8. The van der Waals surface area contributed by atoms with Crippen LogP contribution in [0.25, 0.3) is 11.0 Å². The minimum Gasteiger partial charge on any atom is -0.447 e. The molecule has 1 aromatic carbocycles. The van der Waals surface area contributed by atoms with E-state index in [0.717, 1.165) is 12.8 Å². The Kier molecular flexibility index (Phi) is 6.94. The van der Waals surface area contributed by atoms with Crippen LogP contribution in [-0.2, 0) is 4.74 Å². The molecule has 3 aromatic rings. The molecule has 2 saturated heterocycles. The summed E-state index contributed by atoms with van der Waals surface area (Å²) in [7, 11) is 0. The first-order valence-electron chi connectivity index (χ1n) is 12.6. The zero-order valence-corrected chi connectivity index (χ0v) is 20.9. The molecular weight excluding hydrogens is 482 g/mol. The number of nitrogens with zero attached hydrogens (tertiary/aromatic N) is 5. The molecule has 2 fully saturated rings. The van der Waals surface area contributed by atoms with Gasteiger partial charge >= 0.3 is 6.09 Å². The van der Waals surface area contributed by atoms with Crippen molar-refractivity contribution in [2.75, 3.05) is 31.5 Å². The number of likely N-dealkylation sites (tertiary alicyclic amines) is 2. The van der Waals surface area contributed by atoms with E-state index >= 15 is 4.39 Å². The molecule has 2 amide bonds. The number of benzene rings is 1. The number of ether oxygens (including phenoxy) is 1. The fourth-order valence-electron chi connectivity index (χ4n) is 5.00. The number of aromatic nitrogens is 3. The van der Waals surface area contributed by atoms with Crippen LogP contribution in [0.1, 0.15) is 55.9 Å². The second-order valence-corrected chi connectivity index (χ2v) is 9.77. The highest BCUT2D eigenvalue weighted by atomic mass is 19.1. The summed E-state index contributed by atoms with van der Waals surface area (Å²) in [5, 5.41) is 3.03. The lowest BCUT2D eigenvalue weighted by atomic mass is 10.1. The first kappa shape index (κ1) is 24.9. The van der Waals surface area contributed by atoms with Crippen molar-refractivity contribution >= 4 is 34.5 Å². The van der Waals surface area contributed by atoms with Crippen LogP contribution in [0.2, 0.25) is 0 Å². The Labute approximate surface area is 213 Å². The summed E-state index contributed by atoms with van der Waals surface area (Å²) in [6, 6.07) is 4.16. The second-order valence-electron chi connectivity index (χ2n) is 9.77. The van der Waals surface area contributed by atoms with Crippen molar-refractivity contribution in [3.63, 3.8) is 0 Å². The molecule has 5 rings (SSSR count). The number of carbonyl (C=O) groups is 2. The Morgan fingerprint density at radius 3 is 2.43 bits per heavy atom. The van der Waals surface area contributed by atoms with Gasteiger partial charge in [-0.2, -0.15) is 0 Å². The first-order valence-corrected chi connectivity index (χ1v) is 12.6. The van der Waals surface area contributed by atoms with Gasteiger partial charge in [0.1, 0.15) is 23.6 Å². The third-order valence-electron chi connectivity index (χ3n) is 6.88. The van der Waals surface area contributed by atoms with Gasteiger partial charge in [-0.25, -0.2) is 23.5 Å². The molecule has 1 N–H and O–H groups in total. The predicted molar refractivity (Wildman–Crippen MR) is 134 cm³/mol. The number of amides is 2. The molecule has 9 nitrogen and oxygen atoms in total. The van der Waals surface area contributed by atoms with E-state index in [1.54, 1.807) is 34.3 Å².